The number of rotatable bonds is 11. The SMILES string of the molecule is CC(C)(C)OC(=O)CCCCOc1ccc(Nc2c(C(N)=O)c(-c3ccc([N+](=O)[O-])cc3)nn2C(C)(C)C)nc1. The Hall–Kier alpha value is -4.48. The first-order chi connectivity index (χ1) is 18.7. The van der Waals surface area contributed by atoms with Gasteiger partial charge in [-0.3, -0.25) is 19.7 Å². The maximum absolute atomic E-state index is 12.6. The number of carbonyl (C=O) groups excluding carboxylic acids is 2. The maximum Gasteiger partial charge on any atom is 0.306 e. The lowest BCUT2D eigenvalue weighted by Crippen LogP contribution is -2.25. The van der Waals surface area contributed by atoms with Crippen molar-refractivity contribution < 1.29 is 24.0 Å². The van der Waals surface area contributed by atoms with Crippen LogP contribution in [0, 0.1) is 10.1 Å². The third-order valence-corrected chi connectivity index (χ3v) is 5.57. The molecule has 1 amide bonds. The number of esters is 1. The average Bonchev–Trinajstić information content (AvgIpc) is 3.24. The zero-order valence-corrected chi connectivity index (χ0v) is 23.7. The number of nitrogens with two attached hydrogens (primary N) is 1. The highest BCUT2D eigenvalue weighted by Gasteiger charge is 2.29. The van der Waals surface area contributed by atoms with Gasteiger partial charge >= 0.3 is 5.97 Å². The van der Waals surface area contributed by atoms with Crippen LogP contribution in [-0.4, -0.2) is 43.8 Å². The van der Waals surface area contributed by atoms with Crippen LogP contribution in [0.5, 0.6) is 5.75 Å². The van der Waals surface area contributed by atoms with Crippen molar-refractivity contribution >= 4 is 29.2 Å². The molecule has 1 aromatic carbocycles. The number of unbranched alkanes of at least 4 members (excludes halogenated alkanes) is 1. The molecule has 0 aliphatic carbocycles. The van der Waals surface area contributed by atoms with E-state index >= 15 is 0 Å². The third-order valence-electron chi connectivity index (χ3n) is 5.57. The second-order valence-corrected chi connectivity index (χ2v) is 11.2. The number of nitrogens with one attached hydrogen (secondary N) is 1. The number of ether oxygens (including phenoxy) is 2. The highest BCUT2D eigenvalue weighted by atomic mass is 16.6. The molecule has 12 nitrogen and oxygen atoms in total. The van der Waals surface area contributed by atoms with Crippen molar-refractivity contribution in [2.24, 2.45) is 5.73 Å². The molecule has 3 rings (SSSR count). The highest BCUT2D eigenvalue weighted by molar-refractivity contribution is 6.04. The first-order valence-electron chi connectivity index (χ1n) is 12.9. The van der Waals surface area contributed by atoms with Crippen molar-refractivity contribution in [3.05, 3.63) is 58.3 Å². The van der Waals surface area contributed by atoms with E-state index in [2.05, 4.69) is 15.4 Å². The number of nitro benzene ring substituents is 1. The lowest BCUT2D eigenvalue weighted by Gasteiger charge is -2.23. The molecule has 0 saturated heterocycles. The van der Waals surface area contributed by atoms with Gasteiger partial charge in [0.15, 0.2) is 0 Å². The number of aromatic nitrogens is 3. The number of amides is 1. The summed E-state index contributed by atoms with van der Waals surface area (Å²) in [5, 5.41) is 18.9. The third kappa shape index (κ3) is 8.01. The van der Waals surface area contributed by atoms with Crippen molar-refractivity contribution in [1.29, 1.82) is 0 Å². The lowest BCUT2D eigenvalue weighted by atomic mass is 10.1. The molecule has 12 heteroatoms. The van der Waals surface area contributed by atoms with Crippen molar-refractivity contribution in [3.8, 4) is 17.0 Å². The second kappa shape index (κ2) is 12.1. The number of nitro groups is 1. The summed E-state index contributed by atoms with van der Waals surface area (Å²) in [6, 6.07) is 9.19. The zero-order chi connectivity index (χ0) is 29.7. The van der Waals surface area contributed by atoms with Crippen LogP contribution in [0.2, 0.25) is 0 Å². The van der Waals surface area contributed by atoms with Gasteiger partial charge in [-0.05, 0) is 78.6 Å². The van der Waals surface area contributed by atoms with Crippen LogP contribution in [-0.2, 0) is 15.1 Å². The molecule has 0 radical (unpaired) electrons. The molecule has 0 aliphatic heterocycles. The molecule has 214 valence electrons. The summed E-state index contributed by atoms with van der Waals surface area (Å²) < 4.78 is 12.7. The monoisotopic (exact) mass is 552 g/mol. The minimum absolute atomic E-state index is 0.0764. The van der Waals surface area contributed by atoms with Crippen LogP contribution in [0.15, 0.2) is 42.6 Å². The summed E-state index contributed by atoms with van der Waals surface area (Å²) >= 11 is 0. The minimum atomic E-state index is -0.710. The van der Waals surface area contributed by atoms with Crippen LogP contribution in [0.4, 0.5) is 17.3 Å². The number of anilines is 2. The molecule has 0 fully saturated rings. The van der Waals surface area contributed by atoms with Crippen molar-refractivity contribution in [3.63, 3.8) is 0 Å². The fourth-order valence-electron chi connectivity index (χ4n) is 3.81. The fraction of sp³-hybridized carbons (Fsp3) is 0.429. The number of pyridine rings is 1. The van der Waals surface area contributed by atoms with Gasteiger partial charge in [0.05, 0.1) is 23.3 Å². The number of hydrogen-bond donors (Lipinski definition) is 2. The summed E-state index contributed by atoms with van der Waals surface area (Å²) in [5.41, 5.74) is 5.60. The topological polar surface area (TPSA) is 164 Å². The Labute approximate surface area is 233 Å². The van der Waals surface area contributed by atoms with Crippen LogP contribution < -0.4 is 15.8 Å². The van der Waals surface area contributed by atoms with Gasteiger partial charge in [0.2, 0.25) is 0 Å². The largest absolute Gasteiger partial charge is 0.492 e. The maximum atomic E-state index is 12.6. The van der Waals surface area contributed by atoms with Gasteiger partial charge in [-0.15, -0.1) is 0 Å². The predicted octanol–water partition coefficient (Wildman–Crippen LogP) is 5.34. The second-order valence-electron chi connectivity index (χ2n) is 11.2. The van der Waals surface area contributed by atoms with E-state index in [1.165, 1.54) is 24.3 Å². The van der Waals surface area contributed by atoms with E-state index in [0.717, 1.165) is 0 Å². The van der Waals surface area contributed by atoms with Gasteiger partial charge < -0.3 is 20.5 Å². The summed E-state index contributed by atoms with van der Waals surface area (Å²) in [6.45, 7) is 11.7. The number of carbonyl (C=O) groups is 2. The first-order valence-corrected chi connectivity index (χ1v) is 12.9. The molecule has 0 aliphatic rings. The molecule has 0 spiro atoms. The Kier molecular flexibility index (Phi) is 9.13. The van der Waals surface area contributed by atoms with E-state index < -0.39 is 22.0 Å². The first kappa shape index (κ1) is 30.1. The molecule has 0 saturated carbocycles. The van der Waals surface area contributed by atoms with Crippen molar-refractivity contribution in [2.45, 2.75) is 71.9 Å². The normalized spacial score (nSPS) is 11.7. The minimum Gasteiger partial charge on any atom is -0.492 e. The van der Waals surface area contributed by atoms with Gasteiger partial charge in [0.1, 0.15) is 34.2 Å². The van der Waals surface area contributed by atoms with Crippen LogP contribution >= 0.6 is 0 Å². The van der Waals surface area contributed by atoms with Crippen LogP contribution in [0.3, 0.4) is 0 Å². The Morgan fingerprint density at radius 1 is 1.05 bits per heavy atom. The predicted molar refractivity (Wildman–Crippen MR) is 151 cm³/mol. The fourth-order valence-corrected chi connectivity index (χ4v) is 3.81. The van der Waals surface area contributed by atoms with E-state index in [0.29, 0.717) is 54.5 Å². The highest BCUT2D eigenvalue weighted by Crippen LogP contribution is 2.34. The number of primary amides is 1. The molecule has 3 N–H and O–H groups in total. The molecule has 0 unspecified atom stereocenters. The van der Waals surface area contributed by atoms with E-state index in [-0.39, 0.29) is 17.2 Å². The van der Waals surface area contributed by atoms with Gasteiger partial charge in [0.25, 0.3) is 11.6 Å². The molecule has 2 aromatic heterocycles. The molecule has 0 bridgehead atoms. The van der Waals surface area contributed by atoms with Gasteiger partial charge in [-0.1, -0.05) is 0 Å². The molecular formula is C28H36N6O6. The van der Waals surface area contributed by atoms with E-state index in [9.17, 15) is 19.7 Å². The van der Waals surface area contributed by atoms with Gasteiger partial charge in [0, 0.05) is 24.1 Å². The molecular weight excluding hydrogens is 516 g/mol. The van der Waals surface area contributed by atoms with Gasteiger partial charge in [-0.25, -0.2) is 9.67 Å². The molecule has 0 atom stereocenters. The van der Waals surface area contributed by atoms with E-state index in [4.69, 9.17) is 15.2 Å². The number of non-ortho nitro benzene ring substituents is 1. The average molecular weight is 553 g/mol. The Morgan fingerprint density at radius 3 is 2.25 bits per heavy atom. The summed E-state index contributed by atoms with van der Waals surface area (Å²) in [6.07, 6.45) is 3.20. The quantitative estimate of drug-likeness (QED) is 0.138. The van der Waals surface area contributed by atoms with Gasteiger partial charge in [-0.2, -0.15) is 5.10 Å². The van der Waals surface area contributed by atoms with Crippen molar-refractivity contribution in [1.82, 2.24) is 14.8 Å². The Bertz CT molecular complexity index is 1350. The molecule has 2 heterocycles. The Morgan fingerprint density at radius 2 is 1.73 bits per heavy atom. The lowest BCUT2D eigenvalue weighted by molar-refractivity contribution is -0.384. The number of benzene rings is 1. The molecule has 40 heavy (non-hydrogen) atoms. The van der Waals surface area contributed by atoms with E-state index in [1.54, 1.807) is 23.0 Å². The van der Waals surface area contributed by atoms with Crippen molar-refractivity contribution in [2.75, 3.05) is 11.9 Å². The standard InChI is InChI=1S/C28H36N6O6/c1-27(2,3)33-26(23(25(29)36)24(32-33)18-10-12-19(13-11-18)34(37)38)31-21-15-14-20(17-30-21)39-16-8-7-9-22(35)40-28(4,5)6/h10-15,17H,7-9,16H2,1-6H3,(H2,29,36)(H,30,31). The number of nitrogens with zero attached hydrogens (tertiary/aromatic N) is 4. The zero-order valence-electron chi connectivity index (χ0n) is 23.7. The summed E-state index contributed by atoms with van der Waals surface area (Å²) in [4.78, 5) is 39.4. The summed E-state index contributed by atoms with van der Waals surface area (Å²) in [5.74, 6) is 0.384. The Balaban J connectivity index is 1.74. The van der Waals surface area contributed by atoms with Crippen LogP contribution in [0.1, 0.15) is 71.2 Å². The summed E-state index contributed by atoms with van der Waals surface area (Å²) in [7, 11) is 0. The smallest absolute Gasteiger partial charge is 0.306 e. The number of hydrogen-bond acceptors (Lipinski definition) is 9. The molecule has 3 aromatic rings. The van der Waals surface area contributed by atoms with E-state index in [1.807, 2.05) is 41.5 Å². The van der Waals surface area contributed by atoms with Crippen LogP contribution in [0.25, 0.3) is 11.3 Å².